The van der Waals surface area contributed by atoms with Crippen LogP contribution in [0.15, 0.2) is 28.1 Å². The third-order valence-electron chi connectivity index (χ3n) is 3.03. The topological polar surface area (TPSA) is 61.3 Å². The van der Waals surface area contributed by atoms with Crippen LogP contribution in [-0.2, 0) is 0 Å². The van der Waals surface area contributed by atoms with Gasteiger partial charge in [-0.2, -0.15) is 0 Å². The van der Waals surface area contributed by atoms with Crippen LogP contribution in [0.5, 0.6) is 5.75 Å². The fourth-order valence-electron chi connectivity index (χ4n) is 2.06. The number of hydrogen-bond acceptors (Lipinski definition) is 5. The molecule has 0 saturated heterocycles. The van der Waals surface area contributed by atoms with Crippen molar-refractivity contribution in [2.75, 3.05) is 13.2 Å². The molecule has 0 amide bonds. The maximum Gasteiger partial charge on any atom is 0.189 e. The van der Waals surface area contributed by atoms with Gasteiger partial charge in [0, 0.05) is 17.0 Å². The largest absolute Gasteiger partial charge is 0.491 e. The summed E-state index contributed by atoms with van der Waals surface area (Å²) in [6.45, 7) is 2.90. The minimum absolute atomic E-state index is 0.413. The van der Waals surface area contributed by atoms with Crippen LogP contribution in [0, 0.1) is 6.92 Å². The molecule has 0 aliphatic heterocycles. The molecule has 2 N–H and O–H groups in total. The molecule has 0 radical (unpaired) electrons. The fraction of sp³-hybridized carbons (Fsp3) is 0.214. The number of thiophene rings is 1. The number of nitrogens with zero attached hydrogens (tertiary/aromatic N) is 1. The van der Waals surface area contributed by atoms with E-state index in [2.05, 4.69) is 12.1 Å². The summed E-state index contributed by atoms with van der Waals surface area (Å²) in [5.41, 5.74) is 7.85. The molecule has 2 heterocycles. The molecular weight excluding hydrogens is 296 g/mol. The highest BCUT2D eigenvalue weighted by atomic mass is 35.5. The zero-order valence-electron chi connectivity index (χ0n) is 10.9. The van der Waals surface area contributed by atoms with Gasteiger partial charge in [-0.15, -0.1) is 11.3 Å². The van der Waals surface area contributed by atoms with Crippen molar-refractivity contribution in [2.24, 2.45) is 5.73 Å². The van der Waals surface area contributed by atoms with E-state index in [1.54, 1.807) is 11.3 Å². The third kappa shape index (κ3) is 2.18. The van der Waals surface area contributed by atoms with Crippen molar-refractivity contribution < 1.29 is 9.26 Å². The van der Waals surface area contributed by atoms with Gasteiger partial charge in [0.05, 0.1) is 5.39 Å². The van der Waals surface area contributed by atoms with Crippen molar-refractivity contribution in [1.82, 2.24) is 5.16 Å². The van der Waals surface area contributed by atoms with E-state index in [0.717, 1.165) is 16.6 Å². The number of fused-ring (bicyclic) bond motifs is 1. The summed E-state index contributed by atoms with van der Waals surface area (Å²) in [4.78, 5) is 1.19. The average molecular weight is 309 g/mol. The normalized spacial score (nSPS) is 11.2. The van der Waals surface area contributed by atoms with Gasteiger partial charge in [-0.3, -0.25) is 0 Å². The molecule has 0 fully saturated rings. The maximum absolute atomic E-state index is 6.29. The summed E-state index contributed by atoms with van der Waals surface area (Å²) in [7, 11) is 0. The minimum atomic E-state index is 0.413. The zero-order valence-corrected chi connectivity index (χ0v) is 12.4. The average Bonchev–Trinajstić information content (AvgIpc) is 3.04. The van der Waals surface area contributed by atoms with Crippen LogP contribution in [0.3, 0.4) is 0 Å². The molecule has 0 atom stereocenters. The number of halogens is 1. The Balaban J connectivity index is 2.11. The van der Waals surface area contributed by atoms with Crippen molar-refractivity contribution in [3.05, 3.63) is 33.5 Å². The number of aryl methyl sites for hydroxylation is 1. The standard InChI is InChI=1S/C14H13ClN2O2S/c1-8-9(4-7-20-8)13-10-2-3-11(18-6-5-16)12(15)14(10)19-17-13/h2-4,7H,5-6,16H2,1H3. The van der Waals surface area contributed by atoms with E-state index in [9.17, 15) is 0 Å². The number of aromatic nitrogens is 1. The second-order valence-electron chi connectivity index (χ2n) is 4.31. The Morgan fingerprint density at radius 3 is 2.95 bits per heavy atom. The second-order valence-corrected chi connectivity index (χ2v) is 5.81. The molecule has 6 heteroatoms. The lowest BCUT2D eigenvalue weighted by Gasteiger charge is -2.06. The van der Waals surface area contributed by atoms with Gasteiger partial charge in [-0.1, -0.05) is 16.8 Å². The van der Waals surface area contributed by atoms with E-state index < -0.39 is 0 Å². The van der Waals surface area contributed by atoms with E-state index in [0.29, 0.717) is 29.5 Å². The fourth-order valence-corrected chi connectivity index (χ4v) is 3.01. The van der Waals surface area contributed by atoms with E-state index in [-0.39, 0.29) is 0 Å². The number of ether oxygens (including phenoxy) is 1. The van der Waals surface area contributed by atoms with Gasteiger partial charge < -0.3 is 15.0 Å². The number of rotatable bonds is 4. The summed E-state index contributed by atoms with van der Waals surface area (Å²) in [6.07, 6.45) is 0. The van der Waals surface area contributed by atoms with Crippen molar-refractivity contribution in [2.45, 2.75) is 6.92 Å². The first-order chi connectivity index (χ1) is 9.72. The summed E-state index contributed by atoms with van der Waals surface area (Å²) in [5, 5.41) is 7.50. The monoisotopic (exact) mass is 308 g/mol. The first-order valence-corrected chi connectivity index (χ1v) is 7.43. The molecule has 0 unspecified atom stereocenters. The highest BCUT2D eigenvalue weighted by Crippen LogP contribution is 2.39. The molecule has 0 bridgehead atoms. The third-order valence-corrected chi connectivity index (χ3v) is 4.24. The lowest BCUT2D eigenvalue weighted by Crippen LogP contribution is -2.10. The maximum atomic E-state index is 6.29. The summed E-state index contributed by atoms with van der Waals surface area (Å²) in [6, 6.07) is 5.77. The smallest absolute Gasteiger partial charge is 0.189 e. The van der Waals surface area contributed by atoms with Crippen LogP contribution < -0.4 is 10.5 Å². The molecule has 3 aromatic rings. The predicted molar refractivity (Wildman–Crippen MR) is 81.6 cm³/mol. The van der Waals surface area contributed by atoms with E-state index in [1.807, 2.05) is 23.6 Å². The van der Waals surface area contributed by atoms with Crippen molar-refractivity contribution in [3.8, 4) is 17.0 Å². The van der Waals surface area contributed by atoms with Crippen LogP contribution in [0.1, 0.15) is 4.88 Å². The van der Waals surface area contributed by atoms with Gasteiger partial charge >= 0.3 is 0 Å². The van der Waals surface area contributed by atoms with Crippen LogP contribution >= 0.6 is 22.9 Å². The van der Waals surface area contributed by atoms with Gasteiger partial charge in [0.25, 0.3) is 0 Å². The number of hydrogen-bond donors (Lipinski definition) is 1. The lowest BCUT2D eigenvalue weighted by atomic mass is 10.1. The summed E-state index contributed by atoms with van der Waals surface area (Å²) < 4.78 is 10.9. The molecular formula is C14H13ClN2O2S. The first-order valence-electron chi connectivity index (χ1n) is 6.17. The quantitative estimate of drug-likeness (QED) is 0.795. The summed E-state index contributed by atoms with van der Waals surface area (Å²) in [5.74, 6) is 0.564. The number of benzene rings is 1. The molecule has 1 aromatic carbocycles. The van der Waals surface area contributed by atoms with Crippen molar-refractivity contribution in [3.63, 3.8) is 0 Å². The predicted octanol–water partition coefficient (Wildman–Crippen LogP) is 3.86. The Hall–Kier alpha value is -1.56. The van der Waals surface area contributed by atoms with Gasteiger partial charge in [0.1, 0.15) is 23.1 Å². The molecule has 0 aliphatic carbocycles. The molecule has 3 rings (SSSR count). The Kier molecular flexibility index (Phi) is 3.65. The van der Waals surface area contributed by atoms with Crippen molar-refractivity contribution >= 4 is 33.9 Å². The molecule has 0 aliphatic rings. The first kappa shape index (κ1) is 13.4. The Labute approximate surface area is 125 Å². The highest BCUT2D eigenvalue weighted by Gasteiger charge is 2.17. The molecule has 0 saturated carbocycles. The molecule has 0 spiro atoms. The van der Waals surface area contributed by atoms with Gasteiger partial charge in [0.2, 0.25) is 0 Å². The SMILES string of the molecule is Cc1sccc1-c1noc2c(Cl)c(OCCN)ccc12. The van der Waals surface area contributed by atoms with Gasteiger partial charge in [-0.05, 0) is 30.5 Å². The van der Waals surface area contributed by atoms with Crippen LogP contribution in [-0.4, -0.2) is 18.3 Å². The molecule has 2 aromatic heterocycles. The molecule has 104 valence electrons. The van der Waals surface area contributed by atoms with Crippen LogP contribution in [0.25, 0.3) is 22.2 Å². The van der Waals surface area contributed by atoms with Crippen molar-refractivity contribution in [1.29, 1.82) is 0 Å². The zero-order chi connectivity index (χ0) is 14.1. The van der Waals surface area contributed by atoms with Gasteiger partial charge in [-0.25, -0.2) is 0 Å². The minimum Gasteiger partial charge on any atom is -0.491 e. The molecule has 20 heavy (non-hydrogen) atoms. The van der Waals surface area contributed by atoms with Gasteiger partial charge in [0.15, 0.2) is 5.58 Å². The Morgan fingerprint density at radius 2 is 2.25 bits per heavy atom. The second kappa shape index (κ2) is 5.44. The molecule has 4 nitrogen and oxygen atoms in total. The van der Waals surface area contributed by atoms with E-state index >= 15 is 0 Å². The summed E-state index contributed by atoms with van der Waals surface area (Å²) >= 11 is 7.97. The van der Waals surface area contributed by atoms with E-state index in [1.165, 1.54) is 4.88 Å². The Bertz CT molecular complexity index is 751. The number of nitrogens with two attached hydrogens (primary N) is 1. The Morgan fingerprint density at radius 1 is 1.40 bits per heavy atom. The highest BCUT2D eigenvalue weighted by molar-refractivity contribution is 7.10. The lowest BCUT2D eigenvalue weighted by molar-refractivity contribution is 0.328. The van der Waals surface area contributed by atoms with Crippen LogP contribution in [0.4, 0.5) is 0 Å². The van der Waals surface area contributed by atoms with Crippen LogP contribution in [0.2, 0.25) is 5.02 Å². The van der Waals surface area contributed by atoms with E-state index in [4.69, 9.17) is 26.6 Å².